The molecular formula is C16H23N5O. The highest BCUT2D eigenvalue weighted by Crippen LogP contribution is 2.31. The molecule has 0 unspecified atom stereocenters. The molecular weight excluding hydrogens is 278 g/mol. The van der Waals surface area contributed by atoms with Gasteiger partial charge in [-0.2, -0.15) is 5.10 Å². The van der Waals surface area contributed by atoms with Crippen molar-refractivity contribution in [3.63, 3.8) is 0 Å². The average Bonchev–Trinajstić information content (AvgIpc) is 3.16. The van der Waals surface area contributed by atoms with Crippen LogP contribution in [0, 0.1) is 6.92 Å². The van der Waals surface area contributed by atoms with Gasteiger partial charge in [-0.3, -0.25) is 9.89 Å². The monoisotopic (exact) mass is 301 g/mol. The van der Waals surface area contributed by atoms with Crippen molar-refractivity contribution < 1.29 is 4.79 Å². The molecule has 0 saturated carbocycles. The molecule has 6 nitrogen and oxygen atoms in total. The van der Waals surface area contributed by atoms with Crippen molar-refractivity contribution in [1.29, 1.82) is 0 Å². The van der Waals surface area contributed by atoms with Crippen LogP contribution in [-0.4, -0.2) is 37.1 Å². The second-order valence-electron chi connectivity index (χ2n) is 6.91. The maximum atomic E-state index is 12.8. The first kappa shape index (κ1) is 14.8. The van der Waals surface area contributed by atoms with Crippen molar-refractivity contribution in [2.75, 3.05) is 6.54 Å². The van der Waals surface area contributed by atoms with Gasteiger partial charge in [0.15, 0.2) is 5.82 Å². The molecule has 0 bridgehead atoms. The fourth-order valence-corrected chi connectivity index (χ4v) is 2.89. The molecule has 2 aromatic heterocycles. The van der Waals surface area contributed by atoms with Crippen LogP contribution in [0.25, 0.3) is 0 Å². The van der Waals surface area contributed by atoms with Crippen LogP contribution in [0.4, 0.5) is 0 Å². The molecule has 2 aromatic rings. The van der Waals surface area contributed by atoms with E-state index < -0.39 is 0 Å². The number of likely N-dealkylation sites (tertiary alicyclic amines) is 1. The summed E-state index contributed by atoms with van der Waals surface area (Å²) in [6.07, 6.45) is 5.81. The van der Waals surface area contributed by atoms with Gasteiger partial charge in [0.2, 0.25) is 0 Å². The van der Waals surface area contributed by atoms with Gasteiger partial charge in [-0.25, -0.2) is 4.98 Å². The van der Waals surface area contributed by atoms with Gasteiger partial charge in [-0.15, -0.1) is 0 Å². The fourth-order valence-electron chi connectivity index (χ4n) is 2.89. The highest BCUT2D eigenvalue weighted by atomic mass is 16.2. The lowest BCUT2D eigenvalue weighted by atomic mass is 10.1. The molecule has 118 valence electrons. The van der Waals surface area contributed by atoms with Crippen molar-refractivity contribution >= 4 is 5.91 Å². The zero-order valence-electron chi connectivity index (χ0n) is 13.6. The molecule has 1 saturated heterocycles. The normalized spacial score (nSPS) is 18.9. The van der Waals surface area contributed by atoms with E-state index in [0.717, 1.165) is 36.6 Å². The Balaban J connectivity index is 1.83. The molecule has 22 heavy (non-hydrogen) atoms. The van der Waals surface area contributed by atoms with Crippen LogP contribution in [0.1, 0.15) is 61.7 Å². The highest BCUT2D eigenvalue weighted by Gasteiger charge is 2.33. The Bertz CT molecular complexity index is 679. The van der Waals surface area contributed by atoms with Gasteiger partial charge in [0.05, 0.1) is 11.6 Å². The van der Waals surface area contributed by atoms with Crippen molar-refractivity contribution in [3.05, 3.63) is 35.7 Å². The van der Waals surface area contributed by atoms with Crippen LogP contribution in [-0.2, 0) is 5.54 Å². The molecule has 6 heteroatoms. The van der Waals surface area contributed by atoms with Crippen molar-refractivity contribution in [2.24, 2.45) is 0 Å². The van der Waals surface area contributed by atoms with Gasteiger partial charge in [0.1, 0.15) is 5.82 Å². The van der Waals surface area contributed by atoms with E-state index in [9.17, 15) is 4.79 Å². The minimum Gasteiger partial charge on any atom is -0.348 e. The Labute approximate surface area is 130 Å². The zero-order valence-corrected chi connectivity index (χ0v) is 13.6. The number of amides is 1. The molecule has 0 aliphatic carbocycles. The Hall–Kier alpha value is -2.11. The minimum atomic E-state index is -0.0240. The molecule has 0 radical (unpaired) electrons. The standard InChI is InChI=1S/C16H23N5O/c1-11-17-14(19-18-11)13-6-5-8-21(13)15(22)12-7-9-20(10-12)16(2,3)4/h7,9-10,13H,5-6,8H2,1-4H3,(H,17,18,19)/t13-/m1/s1. The first-order valence-electron chi connectivity index (χ1n) is 7.74. The van der Waals surface area contributed by atoms with Crippen molar-refractivity contribution in [3.8, 4) is 0 Å². The number of carbonyl (C=O) groups excluding carboxylic acids is 1. The lowest BCUT2D eigenvalue weighted by molar-refractivity contribution is 0.0730. The highest BCUT2D eigenvalue weighted by molar-refractivity contribution is 5.94. The molecule has 3 heterocycles. The van der Waals surface area contributed by atoms with E-state index in [1.807, 2.05) is 30.3 Å². The maximum Gasteiger partial charge on any atom is 0.256 e. The van der Waals surface area contributed by atoms with Crippen LogP contribution < -0.4 is 0 Å². The number of nitrogens with one attached hydrogen (secondary N) is 1. The van der Waals surface area contributed by atoms with Gasteiger partial charge >= 0.3 is 0 Å². The first-order chi connectivity index (χ1) is 10.4. The van der Waals surface area contributed by atoms with Crippen LogP contribution in [0.15, 0.2) is 18.5 Å². The Morgan fingerprint density at radius 1 is 1.41 bits per heavy atom. The number of carbonyl (C=O) groups is 1. The summed E-state index contributed by atoms with van der Waals surface area (Å²) >= 11 is 0. The van der Waals surface area contributed by atoms with Crippen LogP contribution in [0.5, 0.6) is 0 Å². The topological polar surface area (TPSA) is 66.8 Å². The quantitative estimate of drug-likeness (QED) is 0.927. The summed E-state index contributed by atoms with van der Waals surface area (Å²) in [4.78, 5) is 19.1. The molecule has 1 fully saturated rings. The largest absolute Gasteiger partial charge is 0.348 e. The van der Waals surface area contributed by atoms with E-state index in [-0.39, 0.29) is 17.5 Å². The summed E-state index contributed by atoms with van der Waals surface area (Å²) in [7, 11) is 0. The van der Waals surface area contributed by atoms with Crippen LogP contribution >= 0.6 is 0 Å². The smallest absolute Gasteiger partial charge is 0.256 e. The third-order valence-electron chi connectivity index (χ3n) is 4.14. The molecule has 1 atom stereocenters. The van der Waals surface area contributed by atoms with E-state index in [2.05, 4.69) is 40.5 Å². The third-order valence-corrected chi connectivity index (χ3v) is 4.14. The summed E-state index contributed by atoms with van der Waals surface area (Å²) < 4.78 is 2.07. The van der Waals surface area contributed by atoms with E-state index in [1.54, 1.807) is 0 Å². The van der Waals surface area contributed by atoms with E-state index in [0.29, 0.717) is 0 Å². The second-order valence-corrected chi connectivity index (χ2v) is 6.91. The van der Waals surface area contributed by atoms with Crippen molar-refractivity contribution in [1.82, 2.24) is 24.6 Å². The van der Waals surface area contributed by atoms with Crippen LogP contribution in [0.3, 0.4) is 0 Å². The van der Waals surface area contributed by atoms with Crippen LogP contribution in [0.2, 0.25) is 0 Å². The number of hydrogen-bond acceptors (Lipinski definition) is 3. The number of aromatic amines is 1. The van der Waals surface area contributed by atoms with E-state index in [1.165, 1.54) is 0 Å². The summed E-state index contributed by atoms with van der Waals surface area (Å²) in [6.45, 7) is 9.00. The number of nitrogens with zero attached hydrogens (tertiary/aromatic N) is 4. The number of aromatic nitrogens is 4. The van der Waals surface area contributed by atoms with Gasteiger partial charge in [0, 0.05) is 24.5 Å². The Morgan fingerprint density at radius 2 is 2.18 bits per heavy atom. The molecule has 1 N–H and O–H groups in total. The molecule has 1 aliphatic heterocycles. The van der Waals surface area contributed by atoms with Gasteiger partial charge in [-0.05, 0) is 46.6 Å². The predicted octanol–water partition coefficient (Wildman–Crippen LogP) is 2.65. The van der Waals surface area contributed by atoms with E-state index in [4.69, 9.17) is 0 Å². The lowest BCUT2D eigenvalue weighted by Gasteiger charge is -2.23. The zero-order chi connectivity index (χ0) is 15.9. The molecule has 0 aromatic carbocycles. The molecule has 1 aliphatic rings. The van der Waals surface area contributed by atoms with Gasteiger partial charge in [0.25, 0.3) is 5.91 Å². The molecule has 0 spiro atoms. The SMILES string of the molecule is Cc1nc([C@H]2CCCN2C(=O)c2ccn(C(C)(C)C)c2)n[nH]1. The number of H-pyrrole nitrogens is 1. The Kier molecular flexibility index (Phi) is 3.54. The van der Waals surface area contributed by atoms with E-state index >= 15 is 0 Å². The number of rotatable bonds is 2. The fraction of sp³-hybridized carbons (Fsp3) is 0.562. The van der Waals surface area contributed by atoms with Gasteiger partial charge < -0.3 is 9.47 Å². The number of aryl methyl sites for hydroxylation is 1. The minimum absolute atomic E-state index is 0.0181. The second kappa shape index (κ2) is 5.26. The Morgan fingerprint density at radius 3 is 2.77 bits per heavy atom. The van der Waals surface area contributed by atoms with Crippen molar-refractivity contribution in [2.45, 2.75) is 52.1 Å². The first-order valence-corrected chi connectivity index (χ1v) is 7.74. The number of hydrogen-bond donors (Lipinski definition) is 1. The van der Waals surface area contributed by atoms with Gasteiger partial charge in [-0.1, -0.05) is 0 Å². The lowest BCUT2D eigenvalue weighted by Crippen LogP contribution is -2.31. The third kappa shape index (κ3) is 2.65. The summed E-state index contributed by atoms with van der Waals surface area (Å²) in [6, 6.07) is 1.88. The summed E-state index contributed by atoms with van der Waals surface area (Å²) in [5.74, 6) is 1.57. The average molecular weight is 301 g/mol. The molecule has 1 amide bonds. The molecule has 3 rings (SSSR count). The summed E-state index contributed by atoms with van der Waals surface area (Å²) in [5.41, 5.74) is 0.707. The summed E-state index contributed by atoms with van der Waals surface area (Å²) in [5, 5.41) is 7.10. The maximum absolute atomic E-state index is 12.8. The predicted molar refractivity (Wildman–Crippen MR) is 83.6 cm³/mol.